The highest BCUT2D eigenvalue weighted by Crippen LogP contribution is 2.24. The molecule has 2 N–H and O–H groups in total. The topological polar surface area (TPSA) is 45.4 Å². The Labute approximate surface area is 101 Å². The smallest absolute Gasteiger partial charge is 0.134 e. The summed E-state index contributed by atoms with van der Waals surface area (Å²) < 4.78 is 5.70. The van der Waals surface area contributed by atoms with Gasteiger partial charge in [0.2, 0.25) is 0 Å². The molecule has 1 aromatic carbocycles. The number of benzene rings is 1. The summed E-state index contributed by atoms with van der Waals surface area (Å²) in [5, 5.41) is 13.3. The van der Waals surface area contributed by atoms with E-state index in [0.29, 0.717) is 0 Å². The van der Waals surface area contributed by atoms with E-state index >= 15 is 0 Å². The second-order valence-electron chi connectivity index (χ2n) is 4.24. The first kappa shape index (κ1) is 12.1. The van der Waals surface area contributed by atoms with Crippen molar-refractivity contribution >= 4 is 11.0 Å². The number of aliphatic hydroxyl groups excluding tert-OH is 1. The fourth-order valence-electron chi connectivity index (χ4n) is 2.02. The number of hydrogen-bond donors (Lipinski definition) is 2. The third-order valence-corrected chi connectivity index (χ3v) is 2.96. The van der Waals surface area contributed by atoms with Crippen molar-refractivity contribution in [3.05, 3.63) is 35.6 Å². The lowest BCUT2D eigenvalue weighted by Gasteiger charge is -2.03. The Bertz CT molecular complexity index is 476. The fraction of sp³-hybridized carbons (Fsp3) is 0.429. The summed E-state index contributed by atoms with van der Waals surface area (Å²) in [6, 6.07) is 8.12. The monoisotopic (exact) mass is 233 g/mol. The van der Waals surface area contributed by atoms with Crippen LogP contribution in [0.2, 0.25) is 0 Å². The number of furan rings is 1. The third-order valence-electron chi connectivity index (χ3n) is 2.96. The number of nitrogens with one attached hydrogen (secondary N) is 1. The van der Waals surface area contributed by atoms with Gasteiger partial charge in [-0.1, -0.05) is 18.2 Å². The van der Waals surface area contributed by atoms with Crippen molar-refractivity contribution in [2.75, 3.05) is 13.2 Å². The summed E-state index contributed by atoms with van der Waals surface area (Å²) in [6.07, 6.45) is 1.86. The number of rotatable bonds is 6. The number of hydrogen-bond acceptors (Lipinski definition) is 3. The summed E-state index contributed by atoms with van der Waals surface area (Å²) in [4.78, 5) is 0. The minimum absolute atomic E-state index is 0.273. The van der Waals surface area contributed by atoms with Crippen molar-refractivity contribution in [2.45, 2.75) is 26.3 Å². The SMILES string of the molecule is Cc1oc2ccccc2c1CNCCCCO. The normalized spacial score (nSPS) is 11.2. The Morgan fingerprint density at radius 1 is 1.24 bits per heavy atom. The molecule has 92 valence electrons. The zero-order valence-corrected chi connectivity index (χ0v) is 10.2. The number of fused-ring (bicyclic) bond motifs is 1. The molecule has 0 spiro atoms. The van der Waals surface area contributed by atoms with Gasteiger partial charge in [0.25, 0.3) is 0 Å². The second kappa shape index (κ2) is 5.84. The lowest BCUT2D eigenvalue weighted by Crippen LogP contribution is -2.15. The molecule has 2 rings (SSSR count). The van der Waals surface area contributed by atoms with Gasteiger partial charge in [0.05, 0.1) is 0 Å². The molecule has 2 aromatic rings. The zero-order valence-electron chi connectivity index (χ0n) is 10.2. The second-order valence-corrected chi connectivity index (χ2v) is 4.24. The van der Waals surface area contributed by atoms with Gasteiger partial charge in [-0.3, -0.25) is 0 Å². The first-order valence-corrected chi connectivity index (χ1v) is 6.11. The average Bonchev–Trinajstić information content (AvgIpc) is 2.65. The zero-order chi connectivity index (χ0) is 12.1. The Kier molecular flexibility index (Phi) is 4.18. The van der Waals surface area contributed by atoms with Crippen LogP contribution in [0.1, 0.15) is 24.2 Å². The van der Waals surface area contributed by atoms with Crippen LogP contribution in [-0.2, 0) is 6.54 Å². The van der Waals surface area contributed by atoms with Crippen LogP contribution in [0, 0.1) is 6.92 Å². The van der Waals surface area contributed by atoms with Crippen molar-refractivity contribution in [1.82, 2.24) is 5.32 Å². The van der Waals surface area contributed by atoms with Gasteiger partial charge in [0.1, 0.15) is 11.3 Å². The molecular weight excluding hydrogens is 214 g/mol. The van der Waals surface area contributed by atoms with E-state index in [1.807, 2.05) is 25.1 Å². The predicted molar refractivity (Wildman–Crippen MR) is 69.0 cm³/mol. The highest BCUT2D eigenvalue weighted by molar-refractivity contribution is 5.82. The van der Waals surface area contributed by atoms with Crippen molar-refractivity contribution in [3.8, 4) is 0 Å². The molecule has 0 bridgehead atoms. The Morgan fingerprint density at radius 3 is 2.88 bits per heavy atom. The van der Waals surface area contributed by atoms with E-state index in [1.165, 1.54) is 10.9 Å². The van der Waals surface area contributed by atoms with Gasteiger partial charge in [-0.2, -0.15) is 0 Å². The van der Waals surface area contributed by atoms with Crippen LogP contribution in [0.3, 0.4) is 0 Å². The quantitative estimate of drug-likeness (QED) is 0.754. The molecule has 0 radical (unpaired) electrons. The molecule has 3 heteroatoms. The average molecular weight is 233 g/mol. The maximum Gasteiger partial charge on any atom is 0.134 e. The van der Waals surface area contributed by atoms with Gasteiger partial charge in [0.15, 0.2) is 0 Å². The highest BCUT2D eigenvalue weighted by Gasteiger charge is 2.09. The first-order valence-electron chi connectivity index (χ1n) is 6.11. The molecule has 0 aliphatic heterocycles. The minimum atomic E-state index is 0.273. The lowest BCUT2D eigenvalue weighted by atomic mass is 10.1. The molecule has 0 unspecified atom stereocenters. The van der Waals surface area contributed by atoms with Crippen molar-refractivity contribution < 1.29 is 9.52 Å². The van der Waals surface area contributed by atoms with Gasteiger partial charge in [-0.25, -0.2) is 0 Å². The van der Waals surface area contributed by atoms with Crippen LogP contribution in [-0.4, -0.2) is 18.3 Å². The summed E-state index contributed by atoms with van der Waals surface area (Å²) >= 11 is 0. The van der Waals surface area contributed by atoms with E-state index in [-0.39, 0.29) is 6.61 Å². The minimum Gasteiger partial charge on any atom is -0.461 e. The molecular formula is C14H19NO2. The van der Waals surface area contributed by atoms with Crippen molar-refractivity contribution in [2.24, 2.45) is 0 Å². The largest absolute Gasteiger partial charge is 0.461 e. The van der Waals surface area contributed by atoms with E-state index in [9.17, 15) is 0 Å². The summed E-state index contributed by atoms with van der Waals surface area (Å²) in [6.45, 7) is 4.04. The van der Waals surface area contributed by atoms with Gasteiger partial charge in [-0.05, 0) is 32.4 Å². The van der Waals surface area contributed by atoms with Gasteiger partial charge >= 0.3 is 0 Å². The molecule has 1 heterocycles. The summed E-state index contributed by atoms with van der Waals surface area (Å²) in [5.41, 5.74) is 2.20. The number of para-hydroxylation sites is 1. The molecule has 0 atom stereocenters. The first-order chi connectivity index (χ1) is 8.33. The van der Waals surface area contributed by atoms with Crippen LogP contribution in [0.15, 0.2) is 28.7 Å². The Morgan fingerprint density at radius 2 is 2.06 bits per heavy atom. The predicted octanol–water partition coefficient (Wildman–Crippen LogP) is 2.60. The van der Waals surface area contributed by atoms with Gasteiger partial charge in [-0.15, -0.1) is 0 Å². The maximum atomic E-state index is 8.69. The molecule has 3 nitrogen and oxygen atoms in total. The van der Waals surface area contributed by atoms with Crippen LogP contribution < -0.4 is 5.32 Å². The van der Waals surface area contributed by atoms with Crippen molar-refractivity contribution in [3.63, 3.8) is 0 Å². The molecule has 0 aliphatic carbocycles. The van der Waals surface area contributed by atoms with Crippen LogP contribution in [0.25, 0.3) is 11.0 Å². The summed E-state index contributed by atoms with van der Waals surface area (Å²) in [5.74, 6) is 0.987. The van der Waals surface area contributed by atoms with E-state index in [2.05, 4.69) is 11.4 Å². The molecule has 0 saturated heterocycles. The Hall–Kier alpha value is -1.32. The lowest BCUT2D eigenvalue weighted by molar-refractivity contribution is 0.283. The van der Waals surface area contributed by atoms with Gasteiger partial charge in [0, 0.05) is 24.1 Å². The van der Waals surface area contributed by atoms with E-state index in [0.717, 1.165) is 37.3 Å². The standard InChI is InChI=1S/C14H19NO2/c1-11-13(10-15-8-4-5-9-16)12-6-2-3-7-14(12)17-11/h2-3,6-7,15-16H,4-5,8-10H2,1H3. The number of unbranched alkanes of at least 4 members (excludes halogenated alkanes) is 1. The Balaban J connectivity index is 2.00. The highest BCUT2D eigenvalue weighted by atomic mass is 16.3. The maximum absolute atomic E-state index is 8.69. The van der Waals surface area contributed by atoms with E-state index in [4.69, 9.17) is 9.52 Å². The third kappa shape index (κ3) is 2.87. The summed E-state index contributed by atoms with van der Waals surface area (Å²) in [7, 11) is 0. The molecule has 0 saturated carbocycles. The van der Waals surface area contributed by atoms with Crippen LogP contribution in [0.5, 0.6) is 0 Å². The fourth-order valence-corrected chi connectivity index (χ4v) is 2.02. The molecule has 0 fully saturated rings. The number of aliphatic hydroxyl groups is 1. The van der Waals surface area contributed by atoms with Crippen LogP contribution in [0.4, 0.5) is 0 Å². The molecule has 1 aromatic heterocycles. The van der Waals surface area contributed by atoms with E-state index in [1.54, 1.807) is 0 Å². The van der Waals surface area contributed by atoms with Crippen LogP contribution >= 0.6 is 0 Å². The van der Waals surface area contributed by atoms with Crippen molar-refractivity contribution in [1.29, 1.82) is 0 Å². The van der Waals surface area contributed by atoms with Gasteiger partial charge < -0.3 is 14.8 Å². The molecule has 0 aliphatic rings. The molecule has 0 amide bonds. The molecule has 17 heavy (non-hydrogen) atoms. The van der Waals surface area contributed by atoms with E-state index < -0.39 is 0 Å². The number of aryl methyl sites for hydroxylation is 1.